The van der Waals surface area contributed by atoms with E-state index in [4.69, 9.17) is 20.2 Å². The summed E-state index contributed by atoms with van der Waals surface area (Å²) in [5.41, 5.74) is 10.2. The van der Waals surface area contributed by atoms with Gasteiger partial charge in [-0.05, 0) is 61.9 Å². The van der Waals surface area contributed by atoms with E-state index in [0.29, 0.717) is 42.0 Å². The third kappa shape index (κ3) is 4.09. The number of nitrogens with two attached hydrogens (primary N) is 1. The quantitative estimate of drug-likeness (QED) is 0.471. The molecule has 3 aromatic carbocycles. The first kappa shape index (κ1) is 21.6. The van der Waals surface area contributed by atoms with E-state index in [1.165, 1.54) is 0 Å². The highest BCUT2D eigenvalue weighted by Gasteiger charge is 2.15. The van der Waals surface area contributed by atoms with Gasteiger partial charge in [0.1, 0.15) is 17.3 Å². The smallest absolute Gasteiger partial charge is 0.261 e. The van der Waals surface area contributed by atoms with Gasteiger partial charge in [0.25, 0.3) is 5.56 Å². The molecule has 0 aliphatic heterocycles. The summed E-state index contributed by atoms with van der Waals surface area (Å²) in [4.78, 5) is 18.2. The zero-order chi connectivity index (χ0) is 22.7. The second kappa shape index (κ2) is 9.24. The van der Waals surface area contributed by atoms with Crippen LogP contribution in [-0.4, -0.2) is 30.3 Å². The molecule has 0 amide bonds. The lowest BCUT2D eigenvalue weighted by Gasteiger charge is -2.16. The first-order valence-corrected chi connectivity index (χ1v) is 10.6. The molecule has 0 saturated carbocycles. The Bertz CT molecular complexity index is 1310. The number of benzene rings is 3. The van der Waals surface area contributed by atoms with Crippen molar-refractivity contribution in [2.75, 3.05) is 20.8 Å². The van der Waals surface area contributed by atoms with E-state index < -0.39 is 0 Å². The summed E-state index contributed by atoms with van der Waals surface area (Å²) in [7, 11) is 3.29. The average molecular weight is 430 g/mol. The van der Waals surface area contributed by atoms with Crippen molar-refractivity contribution in [1.82, 2.24) is 9.55 Å². The highest BCUT2D eigenvalue weighted by atomic mass is 16.5. The summed E-state index contributed by atoms with van der Waals surface area (Å²) in [6.45, 7) is 2.97. The first-order valence-electron chi connectivity index (χ1n) is 10.6. The van der Waals surface area contributed by atoms with Crippen LogP contribution in [0.3, 0.4) is 0 Å². The maximum Gasteiger partial charge on any atom is 0.261 e. The Balaban J connectivity index is 1.87. The van der Waals surface area contributed by atoms with Gasteiger partial charge in [0, 0.05) is 17.7 Å². The third-order valence-corrected chi connectivity index (χ3v) is 5.56. The van der Waals surface area contributed by atoms with E-state index in [2.05, 4.69) is 0 Å². The average Bonchev–Trinajstić information content (AvgIpc) is 2.83. The van der Waals surface area contributed by atoms with Crippen LogP contribution < -0.4 is 20.8 Å². The van der Waals surface area contributed by atoms with E-state index >= 15 is 0 Å². The van der Waals surface area contributed by atoms with Crippen LogP contribution in [0.25, 0.3) is 33.4 Å². The second-order valence-electron chi connectivity index (χ2n) is 7.70. The van der Waals surface area contributed by atoms with Gasteiger partial charge in [-0.15, -0.1) is 0 Å². The topological polar surface area (TPSA) is 79.4 Å². The molecule has 4 rings (SSSR count). The molecule has 2 N–H and O–H groups in total. The van der Waals surface area contributed by atoms with Crippen LogP contribution in [0.1, 0.15) is 12.0 Å². The van der Waals surface area contributed by atoms with Gasteiger partial charge in [-0.3, -0.25) is 9.36 Å². The fraction of sp³-hybridized carbons (Fsp3) is 0.231. The molecule has 1 aromatic heterocycles. The Morgan fingerprint density at radius 1 is 0.938 bits per heavy atom. The lowest BCUT2D eigenvalue weighted by molar-refractivity contribution is 0.414. The zero-order valence-corrected chi connectivity index (χ0v) is 18.6. The van der Waals surface area contributed by atoms with Crippen LogP contribution in [-0.2, 0) is 6.54 Å². The zero-order valence-electron chi connectivity index (χ0n) is 18.6. The van der Waals surface area contributed by atoms with E-state index in [1.807, 2.05) is 67.6 Å². The van der Waals surface area contributed by atoms with Gasteiger partial charge in [0.05, 0.1) is 25.1 Å². The minimum Gasteiger partial charge on any atom is -0.497 e. The van der Waals surface area contributed by atoms with Gasteiger partial charge < -0.3 is 15.2 Å². The lowest BCUT2D eigenvalue weighted by Crippen LogP contribution is -2.24. The fourth-order valence-corrected chi connectivity index (χ4v) is 3.85. The van der Waals surface area contributed by atoms with Crippen LogP contribution in [0.4, 0.5) is 0 Å². The van der Waals surface area contributed by atoms with E-state index in [1.54, 1.807) is 18.8 Å². The summed E-state index contributed by atoms with van der Waals surface area (Å²) >= 11 is 0. The van der Waals surface area contributed by atoms with Crippen molar-refractivity contribution in [3.8, 4) is 34.0 Å². The van der Waals surface area contributed by atoms with Gasteiger partial charge >= 0.3 is 0 Å². The maximum atomic E-state index is 13.3. The summed E-state index contributed by atoms with van der Waals surface area (Å²) in [5, 5.41) is 0.618. The molecule has 0 aliphatic rings. The first-order chi connectivity index (χ1) is 15.5. The van der Waals surface area contributed by atoms with Gasteiger partial charge in [0.15, 0.2) is 0 Å². The highest BCUT2D eigenvalue weighted by molar-refractivity contribution is 5.81. The summed E-state index contributed by atoms with van der Waals surface area (Å²) in [6.07, 6.45) is 0.687. The predicted molar refractivity (Wildman–Crippen MR) is 128 cm³/mol. The molecule has 0 spiro atoms. The van der Waals surface area contributed by atoms with E-state index in [9.17, 15) is 4.79 Å². The largest absolute Gasteiger partial charge is 0.497 e. The van der Waals surface area contributed by atoms with Crippen LogP contribution in [0.5, 0.6) is 11.5 Å². The van der Waals surface area contributed by atoms with Crippen molar-refractivity contribution < 1.29 is 9.47 Å². The molecule has 4 aromatic rings. The maximum absolute atomic E-state index is 13.3. The summed E-state index contributed by atoms with van der Waals surface area (Å²) in [6, 6.07) is 19.5. The van der Waals surface area contributed by atoms with Gasteiger partial charge in [-0.1, -0.05) is 29.8 Å². The summed E-state index contributed by atoms with van der Waals surface area (Å²) in [5.74, 6) is 2.11. The van der Waals surface area contributed by atoms with E-state index in [0.717, 1.165) is 28.0 Å². The molecule has 0 bridgehead atoms. The van der Waals surface area contributed by atoms with Crippen molar-refractivity contribution in [3.63, 3.8) is 0 Å². The number of hydrogen-bond acceptors (Lipinski definition) is 5. The molecule has 0 radical (unpaired) electrons. The van der Waals surface area contributed by atoms with Crippen LogP contribution >= 0.6 is 0 Å². The molecule has 0 fully saturated rings. The third-order valence-electron chi connectivity index (χ3n) is 5.56. The Kier molecular flexibility index (Phi) is 6.23. The number of rotatable bonds is 7. The Morgan fingerprint density at radius 2 is 1.69 bits per heavy atom. The number of aromatic nitrogens is 2. The van der Waals surface area contributed by atoms with Crippen molar-refractivity contribution in [3.05, 3.63) is 76.6 Å². The monoisotopic (exact) mass is 429 g/mol. The Hall–Kier alpha value is -3.64. The number of nitrogens with zero attached hydrogens (tertiary/aromatic N) is 2. The van der Waals surface area contributed by atoms with Crippen molar-refractivity contribution in [1.29, 1.82) is 0 Å². The molecular weight excluding hydrogens is 402 g/mol. The van der Waals surface area contributed by atoms with Gasteiger partial charge in [0.2, 0.25) is 0 Å². The summed E-state index contributed by atoms with van der Waals surface area (Å²) < 4.78 is 12.7. The molecule has 1 heterocycles. The van der Waals surface area contributed by atoms with E-state index in [-0.39, 0.29) is 5.56 Å². The van der Waals surface area contributed by atoms with Crippen molar-refractivity contribution in [2.45, 2.75) is 19.9 Å². The van der Waals surface area contributed by atoms with Crippen LogP contribution in [0.2, 0.25) is 0 Å². The number of hydrogen-bond donors (Lipinski definition) is 1. The lowest BCUT2D eigenvalue weighted by atomic mass is 10.0. The number of methoxy groups -OCH3 is 2. The van der Waals surface area contributed by atoms with Gasteiger partial charge in [-0.25, -0.2) is 4.98 Å². The predicted octanol–water partition coefficient (Wildman–Crippen LogP) is 4.40. The number of aryl methyl sites for hydroxylation is 1. The molecule has 0 atom stereocenters. The molecule has 6 heteroatoms. The molecular formula is C26H27N3O3. The number of ether oxygens (including phenoxy) is 2. The Labute approximate surface area is 187 Å². The van der Waals surface area contributed by atoms with Crippen LogP contribution in [0.15, 0.2) is 65.5 Å². The molecule has 6 nitrogen and oxygen atoms in total. The number of fused-ring (bicyclic) bond motifs is 1. The fourth-order valence-electron chi connectivity index (χ4n) is 3.85. The van der Waals surface area contributed by atoms with Crippen molar-refractivity contribution in [2.24, 2.45) is 5.73 Å². The van der Waals surface area contributed by atoms with Crippen molar-refractivity contribution >= 4 is 10.9 Å². The molecule has 32 heavy (non-hydrogen) atoms. The Morgan fingerprint density at radius 3 is 2.38 bits per heavy atom. The SMILES string of the molecule is COc1ccc(-c2ccc(-c3nc4ccc(C)cc4c(=O)n3CCCN)cc2OC)cc1. The van der Waals surface area contributed by atoms with Crippen LogP contribution in [0, 0.1) is 6.92 Å². The highest BCUT2D eigenvalue weighted by Crippen LogP contribution is 2.34. The second-order valence-corrected chi connectivity index (χ2v) is 7.70. The standard InChI is InChI=1S/C26H27N3O3/c1-17-5-12-23-22(15-17)26(30)29(14-4-13-27)25(28-23)19-8-11-21(24(16-19)32-3)18-6-9-20(31-2)10-7-18/h5-12,15-16H,4,13-14,27H2,1-3H3. The molecule has 0 saturated heterocycles. The molecule has 164 valence electrons. The van der Waals surface area contributed by atoms with Gasteiger partial charge in [-0.2, -0.15) is 0 Å². The molecule has 0 aliphatic carbocycles. The normalized spacial score (nSPS) is 11.0. The molecule has 0 unspecified atom stereocenters. The minimum atomic E-state index is -0.0552. The minimum absolute atomic E-state index is 0.0552.